The Bertz CT molecular complexity index is 936. The van der Waals surface area contributed by atoms with Crippen molar-refractivity contribution in [1.82, 2.24) is 20.0 Å². The first kappa shape index (κ1) is 20.7. The highest BCUT2D eigenvalue weighted by Gasteiger charge is 2.19. The van der Waals surface area contributed by atoms with Crippen LogP contribution in [-0.4, -0.2) is 37.4 Å². The number of aromatic nitrogens is 2. The molecular weight excluding hydrogens is 398 g/mol. The van der Waals surface area contributed by atoms with E-state index < -0.39 is 10.0 Å². The molecule has 1 amide bonds. The zero-order valence-electron chi connectivity index (χ0n) is 16.1. The van der Waals surface area contributed by atoms with Crippen molar-refractivity contribution in [2.24, 2.45) is 0 Å². The van der Waals surface area contributed by atoms with E-state index in [0.29, 0.717) is 18.2 Å². The molecule has 0 spiro atoms. The summed E-state index contributed by atoms with van der Waals surface area (Å²) in [5, 5.41) is 2.66. The minimum Gasteiger partial charge on any atom is -0.351 e. The summed E-state index contributed by atoms with van der Waals surface area (Å²) in [6.07, 6.45) is 3.47. The number of nitrogens with one attached hydrogen (secondary N) is 2. The van der Waals surface area contributed by atoms with Crippen LogP contribution in [0.5, 0.6) is 0 Å². The van der Waals surface area contributed by atoms with E-state index in [9.17, 15) is 13.2 Å². The van der Waals surface area contributed by atoms with Gasteiger partial charge in [0.25, 0.3) is 0 Å². The first-order valence-electron chi connectivity index (χ1n) is 9.26. The molecule has 10 heteroatoms. The molecule has 2 N–H and O–H groups in total. The zero-order chi connectivity index (χ0) is 20.1. The molecule has 3 heterocycles. The molecule has 0 atom stereocenters. The molecule has 2 aromatic rings. The summed E-state index contributed by atoms with van der Waals surface area (Å²) in [6, 6.07) is 5.06. The van der Waals surface area contributed by atoms with Gasteiger partial charge in [0, 0.05) is 30.6 Å². The Morgan fingerprint density at radius 1 is 1.18 bits per heavy atom. The van der Waals surface area contributed by atoms with E-state index in [-0.39, 0.29) is 16.7 Å². The molecule has 0 bridgehead atoms. The van der Waals surface area contributed by atoms with E-state index >= 15 is 0 Å². The molecule has 28 heavy (non-hydrogen) atoms. The van der Waals surface area contributed by atoms with Gasteiger partial charge in [0.05, 0.1) is 18.8 Å². The van der Waals surface area contributed by atoms with Crippen LogP contribution >= 0.6 is 11.3 Å². The third-order valence-corrected chi connectivity index (χ3v) is 7.37. The summed E-state index contributed by atoms with van der Waals surface area (Å²) in [5.74, 6) is 0.516. The van der Waals surface area contributed by atoms with Crippen LogP contribution < -0.4 is 14.9 Å². The maximum absolute atomic E-state index is 12.6. The van der Waals surface area contributed by atoms with Crippen molar-refractivity contribution in [1.29, 1.82) is 0 Å². The van der Waals surface area contributed by atoms with Crippen LogP contribution in [0.15, 0.2) is 22.4 Å². The first-order valence-corrected chi connectivity index (χ1v) is 11.6. The highest BCUT2D eigenvalue weighted by molar-refractivity contribution is 7.91. The number of piperidine rings is 1. The molecule has 1 aliphatic rings. The summed E-state index contributed by atoms with van der Waals surface area (Å²) >= 11 is 1.14. The van der Waals surface area contributed by atoms with Gasteiger partial charge in [-0.05, 0) is 44.4 Å². The molecule has 1 aliphatic heterocycles. The molecule has 8 nitrogen and oxygen atoms in total. The van der Waals surface area contributed by atoms with Crippen molar-refractivity contribution in [3.05, 3.63) is 34.5 Å². The fraction of sp³-hybridized carbons (Fsp3) is 0.500. The quantitative estimate of drug-likeness (QED) is 0.705. The molecule has 0 radical (unpaired) electrons. The van der Waals surface area contributed by atoms with E-state index in [4.69, 9.17) is 0 Å². The monoisotopic (exact) mass is 423 g/mol. The van der Waals surface area contributed by atoms with Gasteiger partial charge < -0.3 is 10.2 Å². The number of hydrogen-bond donors (Lipinski definition) is 2. The van der Waals surface area contributed by atoms with Gasteiger partial charge in [-0.1, -0.05) is 0 Å². The Morgan fingerprint density at radius 2 is 1.93 bits per heavy atom. The molecule has 1 fully saturated rings. The Hall–Kier alpha value is -2.04. The lowest BCUT2D eigenvalue weighted by Gasteiger charge is -2.27. The maximum atomic E-state index is 12.6. The van der Waals surface area contributed by atoms with Crippen LogP contribution in [0.4, 0.5) is 5.95 Å². The van der Waals surface area contributed by atoms with E-state index in [1.807, 2.05) is 6.92 Å². The topological polar surface area (TPSA) is 104 Å². The van der Waals surface area contributed by atoms with E-state index in [0.717, 1.165) is 47.8 Å². The van der Waals surface area contributed by atoms with Crippen molar-refractivity contribution in [3.8, 4) is 0 Å². The fourth-order valence-corrected chi connectivity index (χ4v) is 5.33. The first-order chi connectivity index (χ1) is 13.3. The second-order valence-corrected chi connectivity index (χ2v) is 9.97. The van der Waals surface area contributed by atoms with Gasteiger partial charge in [-0.3, -0.25) is 4.79 Å². The number of hydrogen-bond acceptors (Lipinski definition) is 7. The number of sulfonamides is 1. The lowest BCUT2D eigenvalue weighted by Crippen LogP contribution is -2.31. The molecular formula is C18H25N5O3S2. The minimum atomic E-state index is -3.64. The lowest BCUT2D eigenvalue weighted by molar-refractivity contribution is -0.119. The second-order valence-electron chi connectivity index (χ2n) is 6.80. The van der Waals surface area contributed by atoms with Crippen LogP contribution in [0.25, 0.3) is 0 Å². The summed E-state index contributed by atoms with van der Waals surface area (Å²) in [6.45, 7) is 5.60. The highest BCUT2D eigenvalue weighted by atomic mass is 32.2. The standard InChI is InChI=1S/C18H25N5O3S2/c1-13-10-15(22-18(21-13)23-8-4-3-5-9-23)11-20-28(25,26)17-7-6-16(27-17)12-19-14(2)24/h6-7,10,20H,3-5,8-9,11-12H2,1-2H3,(H,19,24). The molecule has 3 rings (SSSR count). The lowest BCUT2D eigenvalue weighted by atomic mass is 10.1. The van der Waals surface area contributed by atoms with Gasteiger partial charge in [0.15, 0.2) is 0 Å². The summed E-state index contributed by atoms with van der Waals surface area (Å²) in [7, 11) is -3.64. The average molecular weight is 424 g/mol. The van der Waals surface area contributed by atoms with Crippen LogP contribution in [0.1, 0.15) is 42.5 Å². The molecule has 0 aromatic carbocycles. The van der Waals surface area contributed by atoms with E-state index in [1.54, 1.807) is 18.2 Å². The van der Waals surface area contributed by atoms with Gasteiger partial charge in [0.2, 0.25) is 21.9 Å². The van der Waals surface area contributed by atoms with Crippen molar-refractivity contribution < 1.29 is 13.2 Å². The normalized spacial score (nSPS) is 14.9. The molecule has 0 saturated carbocycles. The predicted octanol–water partition coefficient (Wildman–Crippen LogP) is 1.95. The van der Waals surface area contributed by atoms with Gasteiger partial charge in [-0.25, -0.2) is 23.1 Å². The van der Waals surface area contributed by atoms with Gasteiger partial charge >= 0.3 is 0 Å². The fourth-order valence-electron chi connectivity index (χ4n) is 2.99. The van der Waals surface area contributed by atoms with Crippen molar-refractivity contribution in [2.45, 2.75) is 50.4 Å². The molecule has 0 aliphatic carbocycles. The number of rotatable bonds is 7. The third-order valence-electron chi connectivity index (χ3n) is 4.39. The Kier molecular flexibility index (Phi) is 6.63. The maximum Gasteiger partial charge on any atom is 0.250 e. The number of amides is 1. The number of nitrogens with zero attached hydrogens (tertiary/aromatic N) is 3. The van der Waals surface area contributed by atoms with Crippen LogP contribution in [0, 0.1) is 6.92 Å². The number of aryl methyl sites for hydroxylation is 1. The summed E-state index contributed by atoms with van der Waals surface area (Å²) < 4.78 is 28.0. The van der Waals surface area contributed by atoms with Crippen LogP contribution in [-0.2, 0) is 27.9 Å². The largest absolute Gasteiger partial charge is 0.351 e. The number of thiophene rings is 1. The van der Waals surface area contributed by atoms with Crippen LogP contribution in [0.3, 0.4) is 0 Å². The Morgan fingerprint density at radius 3 is 2.64 bits per heavy atom. The predicted molar refractivity (Wildman–Crippen MR) is 109 cm³/mol. The third kappa shape index (κ3) is 5.49. The minimum absolute atomic E-state index is 0.103. The smallest absolute Gasteiger partial charge is 0.250 e. The van der Waals surface area contributed by atoms with Gasteiger partial charge in [-0.2, -0.15) is 0 Å². The van der Waals surface area contributed by atoms with Crippen molar-refractivity contribution in [3.63, 3.8) is 0 Å². The Balaban J connectivity index is 1.67. The highest BCUT2D eigenvalue weighted by Crippen LogP contribution is 2.22. The van der Waals surface area contributed by atoms with E-state index in [2.05, 4.69) is 24.9 Å². The number of anilines is 1. The number of carbonyl (C=O) groups excluding carboxylic acids is 1. The number of carbonyl (C=O) groups is 1. The summed E-state index contributed by atoms with van der Waals surface area (Å²) in [4.78, 5) is 23.0. The van der Waals surface area contributed by atoms with Crippen molar-refractivity contribution >= 4 is 33.2 Å². The second kappa shape index (κ2) is 8.97. The SMILES string of the molecule is CC(=O)NCc1ccc(S(=O)(=O)NCc2cc(C)nc(N3CCCCC3)n2)s1. The molecule has 2 aromatic heterocycles. The average Bonchev–Trinajstić information content (AvgIpc) is 3.15. The molecule has 1 saturated heterocycles. The van der Waals surface area contributed by atoms with Gasteiger partial charge in [-0.15, -0.1) is 11.3 Å². The summed E-state index contributed by atoms with van der Waals surface area (Å²) in [5.41, 5.74) is 1.46. The molecule has 0 unspecified atom stereocenters. The van der Waals surface area contributed by atoms with E-state index in [1.165, 1.54) is 13.3 Å². The van der Waals surface area contributed by atoms with Crippen LogP contribution in [0.2, 0.25) is 0 Å². The molecule has 152 valence electrons. The zero-order valence-corrected chi connectivity index (χ0v) is 17.7. The van der Waals surface area contributed by atoms with Gasteiger partial charge in [0.1, 0.15) is 4.21 Å². The Labute approximate surface area is 169 Å². The van der Waals surface area contributed by atoms with Crippen molar-refractivity contribution in [2.75, 3.05) is 18.0 Å².